The van der Waals surface area contributed by atoms with Gasteiger partial charge in [0, 0.05) is 11.3 Å². The molecule has 152 valence electrons. The average molecular weight is 400 g/mol. The molecule has 7 heteroatoms. The first-order valence-corrected chi connectivity index (χ1v) is 9.89. The van der Waals surface area contributed by atoms with Crippen LogP contribution in [0.15, 0.2) is 73.3 Å². The Morgan fingerprint density at radius 2 is 1.73 bits per heavy atom. The van der Waals surface area contributed by atoms with E-state index in [4.69, 9.17) is 0 Å². The van der Waals surface area contributed by atoms with Gasteiger partial charge in [0.05, 0.1) is 30.4 Å². The summed E-state index contributed by atoms with van der Waals surface area (Å²) in [6.07, 6.45) is 3.42. The lowest BCUT2D eigenvalue weighted by Gasteiger charge is -2.19. The second-order valence-corrected chi connectivity index (χ2v) is 7.22. The minimum Gasteiger partial charge on any atom is -0.347 e. The minimum absolute atomic E-state index is 0.0530. The third-order valence-corrected chi connectivity index (χ3v) is 5.15. The summed E-state index contributed by atoms with van der Waals surface area (Å²) < 4.78 is 3.61. The van der Waals surface area contributed by atoms with Crippen molar-refractivity contribution in [1.82, 2.24) is 29.9 Å². The fraction of sp³-hybridized carbons (Fsp3) is 0.217. The Labute approximate surface area is 175 Å². The van der Waals surface area contributed by atoms with E-state index in [-0.39, 0.29) is 18.4 Å². The highest BCUT2D eigenvalue weighted by Gasteiger charge is 2.20. The van der Waals surface area contributed by atoms with Crippen LogP contribution in [0.25, 0.3) is 5.69 Å². The number of para-hydroxylation sites is 1. The molecular formula is C23H24N6O. The Hall–Kier alpha value is -3.74. The molecule has 0 saturated carbocycles. The van der Waals surface area contributed by atoms with E-state index in [1.54, 1.807) is 11.0 Å². The summed E-state index contributed by atoms with van der Waals surface area (Å²) in [4.78, 5) is 17.0. The molecule has 2 heterocycles. The van der Waals surface area contributed by atoms with Crippen molar-refractivity contribution in [3.05, 3.63) is 95.8 Å². The Bertz CT molecular complexity index is 1100. The van der Waals surface area contributed by atoms with Crippen LogP contribution in [0.5, 0.6) is 0 Å². The van der Waals surface area contributed by atoms with Crippen molar-refractivity contribution in [2.24, 2.45) is 0 Å². The fourth-order valence-electron chi connectivity index (χ4n) is 3.59. The van der Waals surface area contributed by atoms with Crippen LogP contribution < -0.4 is 5.32 Å². The van der Waals surface area contributed by atoms with Gasteiger partial charge in [-0.2, -0.15) is 10.2 Å². The minimum atomic E-state index is -0.204. The normalized spacial score (nSPS) is 11.9. The standard InChI is InChI=1S/C23H24N6O/c1-17-21(18(2)29(27-17)20-11-7-4-8-12-20)13-23(30)26-22(14-28-16-24-15-25-28)19-9-5-3-6-10-19/h3-12,15-16,22H,13-14H2,1-2H3,(H,26,30). The molecule has 0 saturated heterocycles. The van der Waals surface area contributed by atoms with Crippen LogP contribution in [-0.4, -0.2) is 30.5 Å². The first-order chi connectivity index (χ1) is 14.6. The van der Waals surface area contributed by atoms with Crippen LogP contribution >= 0.6 is 0 Å². The molecule has 0 spiro atoms. The van der Waals surface area contributed by atoms with E-state index in [1.807, 2.05) is 79.2 Å². The van der Waals surface area contributed by atoms with Gasteiger partial charge in [-0.1, -0.05) is 48.5 Å². The van der Waals surface area contributed by atoms with Gasteiger partial charge >= 0.3 is 0 Å². The monoisotopic (exact) mass is 400 g/mol. The van der Waals surface area contributed by atoms with Crippen LogP contribution in [0, 0.1) is 13.8 Å². The predicted molar refractivity (Wildman–Crippen MR) is 114 cm³/mol. The summed E-state index contributed by atoms with van der Waals surface area (Å²) in [6, 6.07) is 19.6. The van der Waals surface area contributed by atoms with E-state index in [1.165, 1.54) is 6.33 Å². The molecule has 4 aromatic rings. The highest BCUT2D eigenvalue weighted by atomic mass is 16.1. The lowest BCUT2D eigenvalue weighted by atomic mass is 10.1. The average Bonchev–Trinajstić information content (AvgIpc) is 3.38. The number of rotatable bonds is 7. The molecule has 0 bridgehead atoms. The Kier molecular flexibility index (Phi) is 5.70. The number of nitrogens with zero attached hydrogens (tertiary/aromatic N) is 5. The Morgan fingerprint density at radius 3 is 2.40 bits per heavy atom. The largest absolute Gasteiger partial charge is 0.347 e. The number of hydrogen-bond donors (Lipinski definition) is 1. The van der Waals surface area contributed by atoms with Crippen molar-refractivity contribution in [3.63, 3.8) is 0 Å². The van der Waals surface area contributed by atoms with Gasteiger partial charge in [0.1, 0.15) is 12.7 Å². The van der Waals surface area contributed by atoms with E-state index in [2.05, 4.69) is 20.5 Å². The molecule has 4 rings (SSSR count). The highest BCUT2D eigenvalue weighted by molar-refractivity contribution is 5.79. The van der Waals surface area contributed by atoms with Crippen LogP contribution in [0.2, 0.25) is 0 Å². The zero-order chi connectivity index (χ0) is 20.9. The van der Waals surface area contributed by atoms with E-state index in [0.29, 0.717) is 6.54 Å². The summed E-state index contributed by atoms with van der Waals surface area (Å²) in [6.45, 7) is 4.45. The lowest BCUT2D eigenvalue weighted by molar-refractivity contribution is -0.121. The molecule has 2 aromatic heterocycles. The second-order valence-electron chi connectivity index (χ2n) is 7.22. The fourth-order valence-corrected chi connectivity index (χ4v) is 3.59. The third-order valence-electron chi connectivity index (χ3n) is 5.15. The smallest absolute Gasteiger partial charge is 0.225 e. The van der Waals surface area contributed by atoms with Crippen LogP contribution in [0.1, 0.15) is 28.6 Å². The van der Waals surface area contributed by atoms with Gasteiger partial charge in [0.25, 0.3) is 0 Å². The van der Waals surface area contributed by atoms with Gasteiger partial charge in [0.15, 0.2) is 0 Å². The summed E-state index contributed by atoms with van der Waals surface area (Å²) in [5, 5.41) is 12.0. The van der Waals surface area contributed by atoms with Gasteiger partial charge in [-0.15, -0.1) is 0 Å². The van der Waals surface area contributed by atoms with E-state index >= 15 is 0 Å². The summed E-state index contributed by atoms with van der Waals surface area (Å²) in [7, 11) is 0. The van der Waals surface area contributed by atoms with Crippen LogP contribution in [-0.2, 0) is 17.8 Å². The Balaban J connectivity index is 1.53. The SMILES string of the molecule is Cc1nn(-c2ccccc2)c(C)c1CC(=O)NC(Cn1cncn1)c1ccccc1. The summed E-state index contributed by atoms with van der Waals surface area (Å²) in [5.41, 5.74) is 4.79. The molecule has 0 aliphatic carbocycles. The molecule has 7 nitrogen and oxygen atoms in total. The molecule has 30 heavy (non-hydrogen) atoms. The van der Waals surface area contributed by atoms with Crippen molar-refractivity contribution >= 4 is 5.91 Å². The maximum atomic E-state index is 13.0. The first kappa shape index (κ1) is 19.6. The molecule has 0 aliphatic heterocycles. The molecule has 0 fully saturated rings. The van der Waals surface area contributed by atoms with Gasteiger partial charge in [0.2, 0.25) is 5.91 Å². The number of carbonyl (C=O) groups is 1. The molecule has 1 unspecified atom stereocenters. The van der Waals surface area contributed by atoms with Crippen LogP contribution in [0.3, 0.4) is 0 Å². The number of hydrogen-bond acceptors (Lipinski definition) is 4. The number of nitrogens with one attached hydrogen (secondary N) is 1. The third kappa shape index (κ3) is 4.30. The van der Waals surface area contributed by atoms with Gasteiger partial charge in [-0.05, 0) is 31.5 Å². The topological polar surface area (TPSA) is 77.6 Å². The molecule has 0 radical (unpaired) electrons. The van der Waals surface area contributed by atoms with Crippen LogP contribution in [0.4, 0.5) is 0 Å². The van der Waals surface area contributed by atoms with E-state index < -0.39 is 0 Å². The van der Waals surface area contributed by atoms with Crippen molar-refractivity contribution in [1.29, 1.82) is 0 Å². The van der Waals surface area contributed by atoms with Crippen molar-refractivity contribution in [3.8, 4) is 5.69 Å². The number of aryl methyl sites for hydroxylation is 1. The Morgan fingerprint density at radius 1 is 1.03 bits per heavy atom. The van der Waals surface area contributed by atoms with Gasteiger partial charge in [-0.25, -0.2) is 9.67 Å². The number of aromatic nitrogens is 5. The van der Waals surface area contributed by atoms with E-state index in [9.17, 15) is 4.79 Å². The van der Waals surface area contributed by atoms with Gasteiger partial charge in [-0.3, -0.25) is 9.48 Å². The maximum absolute atomic E-state index is 13.0. The number of amides is 1. The van der Waals surface area contributed by atoms with Crippen molar-refractivity contribution in [2.75, 3.05) is 0 Å². The van der Waals surface area contributed by atoms with Crippen molar-refractivity contribution < 1.29 is 4.79 Å². The van der Waals surface area contributed by atoms with E-state index in [0.717, 1.165) is 28.2 Å². The molecule has 1 N–H and O–H groups in total. The molecule has 1 atom stereocenters. The van der Waals surface area contributed by atoms with Crippen molar-refractivity contribution in [2.45, 2.75) is 32.9 Å². The molecule has 1 amide bonds. The summed E-state index contributed by atoms with van der Waals surface area (Å²) in [5.74, 6) is -0.0530. The number of carbonyl (C=O) groups excluding carboxylic acids is 1. The summed E-state index contributed by atoms with van der Waals surface area (Å²) >= 11 is 0. The zero-order valence-corrected chi connectivity index (χ0v) is 17.1. The second kappa shape index (κ2) is 8.73. The quantitative estimate of drug-likeness (QED) is 0.517. The number of benzene rings is 2. The lowest BCUT2D eigenvalue weighted by Crippen LogP contribution is -2.33. The first-order valence-electron chi connectivity index (χ1n) is 9.89. The van der Waals surface area contributed by atoms with Gasteiger partial charge < -0.3 is 5.32 Å². The molecular weight excluding hydrogens is 376 g/mol. The maximum Gasteiger partial charge on any atom is 0.225 e. The molecule has 2 aromatic carbocycles. The highest BCUT2D eigenvalue weighted by Crippen LogP contribution is 2.20. The predicted octanol–water partition coefficient (Wildman–Crippen LogP) is 3.18. The molecule has 0 aliphatic rings. The zero-order valence-electron chi connectivity index (χ0n) is 17.1.